The van der Waals surface area contributed by atoms with Crippen molar-refractivity contribution >= 4 is 15.4 Å². The molecule has 0 aliphatic rings. The Kier molecular flexibility index (Phi) is 8.98. The largest absolute Gasteiger partial charge is 0.258 e. The average Bonchev–Trinajstić information content (AvgIpc) is 2.46. The van der Waals surface area contributed by atoms with Gasteiger partial charge in [0.15, 0.2) is 0 Å². The summed E-state index contributed by atoms with van der Waals surface area (Å²) in [4.78, 5) is 1.62. The van der Waals surface area contributed by atoms with Crippen LogP contribution in [0.4, 0.5) is 0 Å². The summed E-state index contributed by atoms with van der Waals surface area (Å²) >= 11 is 0. The molecule has 1 aromatic carbocycles. The molecule has 0 saturated carbocycles. The molecule has 0 radical (unpaired) electrons. The van der Waals surface area contributed by atoms with Crippen LogP contribution in [-0.4, -0.2) is 10.1 Å². The molecule has 0 saturated heterocycles. The van der Waals surface area contributed by atoms with Crippen LogP contribution in [0.25, 0.3) is 0 Å². The topological polar surface area (TPSA) is 17.1 Å². The molecule has 19 heavy (non-hydrogen) atoms. The van der Waals surface area contributed by atoms with Crippen LogP contribution >= 0.6 is 0 Å². The maximum Gasteiger partial charge on any atom is 0.0350 e. The van der Waals surface area contributed by atoms with E-state index in [9.17, 15) is 4.21 Å². The Morgan fingerprint density at radius 2 is 1.84 bits per heavy atom. The second-order valence-corrected chi connectivity index (χ2v) is 6.18. The molecule has 2 heteroatoms. The Morgan fingerprint density at radius 3 is 2.32 bits per heavy atom. The zero-order valence-corrected chi connectivity index (χ0v) is 13.4. The van der Waals surface area contributed by atoms with Gasteiger partial charge >= 0.3 is 0 Å². The molecule has 1 nitrogen and oxygen atoms in total. The first kappa shape index (κ1) is 17.7. The Morgan fingerprint density at radius 1 is 1.26 bits per heavy atom. The molecule has 0 heterocycles. The minimum absolute atomic E-state index is 0.792. The minimum atomic E-state index is -2.36. The maximum absolute atomic E-state index is 12.8. The van der Waals surface area contributed by atoms with Gasteiger partial charge in [-0.05, 0) is 31.3 Å². The van der Waals surface area contributed by atoms with Gasteiger partial charge in [0.25, 0.3) is 0 Å². The van der Waals surface area contributed by atoms with E-state index in [4.69, 9.17) is 0 Å². The van der Waals surface area contributed by atoms with Crippen LogP contribution in [0.2, 0.25) is 0 Å². The van der Waals surface area contributed by atoms with E-state index in [1.165, 1.54) is 0 Å². The number of allylic oxidation sites excluding steroid dienone is 3. The van der Waals surface area contributed by atoms with Crippen LogP contribution in [0.3, 0.4) is 0 Å². The standard InChI is InChI=1S/C15H20OS.C2H6/c1-4-6-11-14(10-5-2)17(3,16)15-12-8-7-9-13-15;1-2/h5,7-13H,3-4,6H2,1-2H3;1-2H3/b10-5-,14-11+;. The van der Waals surface area contributed by atoms with Crippen molar-refractivity contribution in [2.45, 2.75) is 45.4 Å². The summed E-state index contributed by atoms with van der Waals surface area (Å²) in [7, 11) is -2.36. The average molecular weight is 278 g/mol. The van der Waals surface area contributed by atoms with Crippen LogP contribution in [0.5, 0.6) is 0 Å². The van der Waals surface area contributed by atoms with Crippen molar-refractivity contribution in [3.8, 4) is 0 Å². The van der Waals surface area contributed by atoms with Crippen molar-refractivity contribution < 1.29 is 4.21 Å². The van der Waals surface area contributed by atoms with E-state index in [0.717, 1.165) is 22.6 Å². The third kappa shape index (κ3) is 5.48. The zero-order chi connectivity index (χ0) is 14.7. The lowest BCUT2D eigenvalue weighted by Crippen LogP contribution is -2.02. The number of unbranched alkanes of at least 4 members (excludes halogenated alkanes) is 1. The fourth-order valence-corrected chi connectivity index (χ4v) is 3.15. The summed E-state index contributed by atoms with van der Waals surface area (Å²) in [6, 6.07) is 9.46. The third-order valence-corrected chi connectivity index (χ3v) is 4.57. The second kappa shape index (κ2) is 9.62. The highest BCUT2D eigenvalue weighted by atomic mass is 32.2. The van der Waals surface area contributed by atoms with Gasteiger partial charge in [-0.3, -0.25) is 4.21 Å². The monoisotopic (exact) mass is 278 g/mol. The van der Waals surface area contributed by atoms with E-state index in [0.29, 0.717) is 0 Å². The molecular weight excluding hydrogens is 252 g/mol. The second-order valence-electron chi connectivity index (χ2n) is 3.88. The molecule has 0 amide bonds. The van der Waals surface area contributed by atoms with Gasteiger partial charge in [-0.15, -0.1) is 0 Å². The van der Waals surface area contributed by atoms with Crippen LogP contribution in [0, 0.1) is 0 Å². The lowest BCUT2D eigenvalue weighted by atomic mass is 10.3. The minimum Gasteiger partial charge on any atom is -0.258 e. The Labute approximate surface area is 119 Å². The SMILES string of the molecule is C=S(=O)(C(/C=C\C)=C/CCC)c1ccccc1.CC. The third-order valence-electron chi connectivity index (χ3n) is 2.47. The van der Waals surface area contributed by atoms with Gasteiger partial charge in [-0.25, -0.2) is 0 Å². The van der Waals surface area contributed by atoms with Gasteiger partial charge in [-0.1, -0.05) is 63.6 Å². The van der Waals surface area contributed by atoms with Crippen molar-refractivity contribution in [1.29, 1.82) is 0 Å². The predicted octanol–water partition coefficient (Wildman–Crippen LogP) is 5.05. The number of benzene rings is 1. The van der Waals surface area contributed by atoms with Gasteiger partial charge in [-0.2, -0.15) is 0 Å². The van der Waals surface area contributed by atoms with E-state index < -0.39 is 9.52 Å². The molecule has 1 aromatic rings. The van der Waals surface area contributed by atoms with Crippen LogP contribution in [-0.2, 0) is 9.52 Å². The van der Waals surface area contributed by atoms with E-state index in [-0.39, 0.29) is 0 Å². The smallest absolute Gasteiger partial charge is 0.0350 e. The molecular formula is C17H26OS. The summed E-state index contributed by atoms with van der Waals surface area (Å²) in [5.74, 6) is 3.92. The Hall–Kier alpha value is -1.28. The molecule has 1 unspecified atom stereocenters. The van der Waals surface area contributed by atoms with Gasteiger partial charge in [0.1, 0.15) is 0 Å². The van der Waals surface area contributed by atoms with Gasteiger partial charge in [0.05, 0.1) is 0 Å². The summed E-state index contributed by atoms with van der Waals surface area (Å²) < 4.78 is 12.8. The summed E-state index contributed by atoms with van der Waals surface area (Å²) in [5, 5.41) is 0. The number of hydrogen-bond donors (Lipinski definition) is 0. The van der Waals surface area contributed by atoms with E-state index in [1.54, 1.807) is 0 Å². The number of rotatable bonds is 5. The molecule has 0 fully saturated rings. The molecule has 0 aliphatic heterocycles. The first-order chi connectivity index (χ1) is 9.12. The van der Waals surface area contributed by atoms with Crippen LogP contribution in [0.15, 0.2) is 58.4 Å². The summed E-state index contributed by atoms with van der Waals surface area (Å²) in [5.41, 5.74) is 0. The molecule has 0 bridgehead atoms. The molecule has 0 aliphatic carbocycles. The van der Waals surface area contributed by atoms with Crippen molar-refractivity contribution in [3.05, 3.63) is 53.5 Å². The van der Waals surface area contributed by atoms with Crippen molar-refractivity contribution in [2.75, 3.05) is 0 Å². The molecule has 0 N–H and O–H groups in total. The fourth-order valence-electron chi connectivity index (χ4n) is 1.54. The van der Waals surface area contributed by atoms with Crippen molar-refractivity contribution in [1.82, 2.24) is 0 Å². The highest BCUT2D eigenvalue weighted by molar-refractivity contribution is 8.04. The summed E-state index contributed by atoms with van der Waals surface area (Å²) in [6.07, 6.45) is 7.82. The Bertz CT molecular complexity index is 493. The quantitative estimate of drug-likeness (QED) is 0.544. The molecule has 106 valence electrons. The summed E-state index contributed by atoms with van der Waals surface area (Å²) in [6.45, 7) is 8.04. The van der Waals surface area contributed by atoms with Gasteiger partial charge < -0.3 is 0 Å². The lowest BCUT2D eigenvalue weighted by molar-refractivity contribution is 0.685. The number of hydrogen-bond acceptors (Lipinski definition) is 1. The molecule has 0 spiro atoms. The van der Waals surface area contributed by atoms with Gasteiger partial charge in [0.2, 0.25) is 0 Å². The van der Waals surface area contributed by atoms with Gasteiger partial charge in [0, 0.05) is 19.3 Å². The molecule has 1 rings (SSSR count). The van der Waals surface area contributed by atoms with Crippen LogP contribution in [0.1, 0.15) is 40.5 Å². The normalized spacial score (nSPS) is 14.6. The molecule has 1 atom stereocenters. The highest BCUT2D eigenvalue weighted by Gasteiger charge is 2.10. The van der Waals surface area contributed by atoms with E-state index in [2.05, 4.69) is 12.8 Å². The highest BCUT2D eigenvalue weighted by Crippen LogP contribution is 2.20. The first-order valence-corrected chi connectivity index (χ1v) is 8.60. The predicted molar refractivity (Wildman–Crippen MR) is 89.1 cm³/mol. The fraction of sp³-hybridized carbons (Fsp3) is 0.353. The molecule has 0 aromatic heterocycles. The first-order valence-electron chi connectivity index (χ1n) is 6.88. The van der Waals surface area contributed by atoms with E-state index >= 15 is 0 Å². The maximum atomic E-state index is 12.8. The van der Waals surface area contributed by atoms with Crippen molar-refractivity contribution in [3.63, 3.8) is 0 Å². The van der Waals surface area contributed by atoms with E-state index in [1.807, 2.05) is 69.3 Å². The lowest BCUT2D eigenvalue weighted by Gasteiger charge is -2.10. The zero-order valence-electron chi connectivity index (χ0n) is 12.6. The van der Waals surface area contributed by atoms with Crippen molar-refractivity contribution in [2.24, 2.45) is 0 Å². The Balaban J connectivity index is 0.00000154. The van der Waals surface area contributed by atoms with Crippen LogP contribution < -0.4 is 0 Å².